The predicted molar refractivity (Wildman–Crippen MR) is 129 cm³/mol. The standard InChI is InChI=1S/C24H25FN6O4/c1-12-15(9-29-22-21(12)27-4-5-34-22)14-6-13-7-17(28-10-16(13)20(26)19(14)25)30-23(33)35-24(2)8-18(32)31(3)11-24/h6-7,9-10,27H,4-5,8,11,26H2,1-3H3,(H,28,30,33)/t24-/m0/s1. The number of ether oxygens (including phenoxy) is 2. The first kappa shape index (κ1) is 22.6. The van der Waals surface area contributed by atoms with Crippen LogP contribution < -0.4 is 21.1 Å². The van der Waals surface area contributed by atoms with Gasteiger partial charge in [-0.25, -0.2) is 19.2 Å². The summed E-state index contributed by atoms with van der Waals surface area (Å²) in [6, 6.07) is 3.23. The number of benzene rings is 1. The number of carbonyl (C=O) groups is 2. The van der Waals surface area contributed by atoms with E-state index in [0.29, 0.717) is 41.9 Å². The van der Waals surface area contributed by atoms with Crippen molar-refractivity contribution >= 4 is 40.0 Å². The Kier molecular flexibility index (Phi) is 5.34. The van der Waals surface area contributed by atoms with Gasteiger partial charge in [0.2, 0.25) is 11.8 Å². The number of nitrogens with two attached hydrogens (primary N) is 1. The van der Waals surface area contributed by atoms with Crippen molar-refractivity contribution in [1.82, 2.24) is 14.9 Å². The topological polar surface area (TPSA) is 132 Å². The number of carbonyl (C=O) groups excluding carboxylic acids is 2. The number of amides is 2. The van der Waals surface area contributed by atoms with Crippen LogP contribution in [0.25, 0.3) is 21.9 Å². The molecule has 2 aromatic heterocycles. The Balaban J connectivity index is 1.46. The fraction of sp³-hybridized carbons (Fsp3) is 0.333. The minimum Gasteiger partial charge on any atom is -0.474 e. The molecule has 0 aliphatic carbocycles. The van der Waals surface area contributed by atoms with Crippen LogP contribution in [-0.2, 0) is 9.53 Å². The predicted octanol–water partition coefficient (Wildman–Crippen LogP) is 3.30. The number of hydrogen-bond donors (Lipinski definition) is 3. The van der Waals surface area contributed by atoms with Crippen molar-refractivity contribution < 1.29 is 23.5 Å². The maximum atomic E-state index is 15.3. The molecule has 0 unspecified atom stereocenters. The summed E-state index contributed by atoms with van der Waals surface area (Å²) in [6.07, 6.45) is 2.33. The van der Waals surface area contributed by atoms with Crippen LogP contribution >= 0.6 is 0 Å². The van der Waals surface area contributed by atoms with Crippen molar-refractivity contribution in [3.8, 4) is 17.0 Å². The molecule has 182 valence electrons. The monoisotopic (exact) mass is 480 g/mol. The van der Waals surface area contributed by atoms with Crippen LogP contribution in [0, 0.1) is 12.7 Å². The van der Waals surface area contributed by atoms with Gasteiger partial charge in [-0.3, -0.25) is 10.1 Å². The zero-order valence-corrected chi connectivity index (χ0v) is 19.6. The first-order chi connectivity index (χ1) is 16.6. The van der Waals surface area contributed by atoms with Crippen molar-refractivity contribution in [1.29, 1.82) is 0 Å². The second kappa shape index (κ2) is 8.26. The van der Waals surface area contributed by atoms with Crippen molar-refractivity contribution in [2.75, 3.05) is 43.1 Å². The number of pyridine rings is 2. The average Bonchev–Trinajstić information content (AvgIpc) is 3.07. The van der Waals surface area contributed by atoms with Crippen molar-refractivity contribution in [3.05, 3.63) is 35.9 Å². The van der Waals surface area contributed by atoms with E-state index >= 15 is 4.39 Å². The molecule has 10 nitrogen and oxygen atoms in total. The maximum Gasteiger partial charge on any atom is 0.413 e. The Hall–Kier alpha value is -4.15. The first-order valence-electron chi connectivity index (χ1n) is 11.1. The van der Waals surface area contributed by atoms with Gasteiger partial charge in [0.1, 0.15) is 23.7 Å². The number of nitrogens with zero attached hydrogens (tertiary/aromatic N) is 3. The highest BCUT2D eigenvalue weighted by molar-refractivity contribution is 5.99. The first-order valence-corrected chi connectivity index (χ1v) is 11.1. The zero-order valence-electron chi connectivity index (χ0n) is 19.6. The Morgan fingerprint density at radius 3 is 2.86 bits per heavy atom. The molecule has 5 rings (SSSR count). The summed E-state index contributed by atoms with van der Waals surface area (Å²) in [5.74, 6) is 0.00707. The second-order valence-corrected chi connectivity index (χ2v) is 9.09. The number of nitrogen functional groups attached to an aromatic ring is 1. The van der Waals surface area contributed by atoms with Crippen LogP contribution in [0.15, 0.2) is 24.5 Å². The molecule has 11 heteroatoms. The number of rotatable bonds is 3. The fourth-order valence-corrected chi connectivity index (χ4v) is 4.58. The van der Waals surface area contributed by atoms with E-state index < -0.39 is 17.5 Å². The minimum atomic E-state index is -0.928. The second-order valence-electron chi connectivity index (χ2n) is 9.09. The highest BCUT2D eigenvalue weighted by Gasteiger charge is 2.41. The molecule has 1 atom stereocenters. The quantitative estimate of drug-likeness (QED) is 0.487. The SMILES string of the molecule is Cc1c(-c2cc3cc(NC(=O)O[C@@]4(C)CC(=O)N(C)C4)ncc3c(N)c2F)cnc2c1NCCO2. The summed E-state index contributed by atoms with van der Waals surface area (Å²) in [4.78, 5) is 34.3. The van der Waals surface area contributed by atoms with Crippen LogP contribution in [0.1, 0.15) is 18.9 Å². The van der Waals surface area contributed by atoms with Gasteiger partial charge in [-0.1, -0.05) is 0 Å². The Bertz CT molecular complexity index is 1380. The molecule has 0 radical (unpaired) electrons. The number of halogens is 1. The number of likely N-dealkylation sites (tertiary alicyclic amines) is 1. The van der Waals surface area contributed by atoms with Gasteiger partial charge >= 0.3 is 6.09 Å². The molecule has 2 aliphatic heterocycles. The van der Waals surface area contributed by atoms with Crippen LogP contribution in [0.5, 0.6) is 5.88 Å². The number of likely N-dealkylation sites (N-methyl/N-ethyl adjacent to an activating group) is 1. The molecule has 0 bridgehead atoms. The van der Waals surface area contributed by atoms with E-state index in [4.69, 9.17) is 15.2 Å². The number of nitrogens with one attached hydrogen (secondary N) is 2. The van der Waals surface area contributed by atoms with Gasteiger partial charge < -0.3 is 25.4 Å². The lowest BCUT2D eigenvalue weighted by Gasteiger charge is -2.23. The number of anilines is 3. The van der Waals surface area contributed by atoms with Gasteiger partial charge in [0.05, 0.1) is 18.7 Å². The normalized spacial score (nSPS) is 19.2. The summed E-state index contributed by atoms with van der Waals surface area (Å²) in [6.45, 7) is 5.00. The van der Waals surface area contributed by atoms with E-state index in [-0.39, 0.29) is 29.4 Å². The summed E-state index contributed by atoms with van der Waals surface area (Å²) >= 11 is 0. The molecule has 0 saturated carbocycles. The van der Waals surface area contributed by atoms with Crippen LogP contribution in [0.4, 0.5) is 26.4 Å². The number of fused-ring (bicyclic) bond motifs is 2. The summed E-state index contributed by atoms with van der Waals surface area (Å²) in [7, 11) is 1.66. The molecule has 2 aliphatic rings. The largest absolute Gasteiger partial charge is 0.474 e. The third kappa shape index (κ3) is 4.02. The maximum absolute atomic E-state index is 15.3. The van der Waals surface area contributed by atoms with E-state index in [9.17, 15) is 9.59 Å². The molecule has 3 aromatic rings. The van der Waals surface area contributed by atoms with Gasteiger partial charge in [-0.2, -0.15) is 0 Å². The fourth-order valence-electron chi connectivity index (χ4n) is 4.58. The van der Waals surface area contributed by atoms with Gasteiger partial charge in [-0.15, -0.1) is 0 Å². The van der Waals surface area contributed by atoms with Crippen LogP contribution in [-0.4, -0.2) is 59.2 Å². The van der Waals surface area contributed by atoms with Gasteiger partial charge in [0, 0.05) is 42.5 Å². The van der Waals surface area contributed by atoms with E-state index in [1.807, 2.05) is 6.92 Å². The third-order valence-corrected chi connectivity index (χ3v) is 6.33. The molecule has 1 fully saturated rings. The third-order valence-electron chi connectivity index (χ3n) is 6.33. The van der Waals surface area contributed by atoms with Gasteiger partial charge in [0.15, 0.2) is 5.82 Å². The summed E-state index contributed by atoms with van der Waals surface area (Å²) in [5.41, 5.74) is 7.49. The average molecular weight is 481 g/mol. The van der Waals surface area contributed by atoms with E-state index in [1.165, 1.54) is 11.1 Å². The summed E-state index contributed by atoms with van der Waals surface area (Å²) < 4.78 is 26.4. The smallest absolute Gasteiger partial charge is 0.413 e. The Labute approximate surface area is 200 Å². The molecule has 0 spiro atoms. The number of aromatic nitrogens is 2. The minimum absolute atomic E-state index is 0.0551. The van der Waals surface area contributed by atoms with E-state index in [0.717, 1.165) is 11.3 Å². The van der Waals surface area contributed by atoms with Crippen molar-refractivity contribution in [3.63, 3.8) is 0 Å². The van der Waals surface area contributed by atoms with Crippen LogP contribution in [0.2, 0.25) is 0 Å². The molecular weight excluding hydrogens is 455 g/mol. The lowest BCUT2D eigenvalue weighted by Crippen LogP contribution is -2.36. The van der Waals surface area contributed by atoms with E-state index in [2.05, 4.69) is 20.6 Å². The van der Waals surface area contributed by atoms with Gasteiger partial charge in [0.25, 0.3) is 0 Å². The van der Waals surface area contributed by atoms with Crippen molar-refractivity contribution in [2.45, 2.75) is 25.9 Å². The molecule has 35 heavy (non-hydrogen) atoms. The number of hydrogen-bond acceptors (Lipinski definition) is 8. The Morgan fingerprint density at radius 2 is 2.11 bits per heavy atom. The molecule has 1 saturated heterocycles. The van der Waals surface area contributed by atoms with Gasteiger partial charge in [-0.05, 0) is 36.9 Å². The van der Waals surface area contributed by atoms with Crippen LogP contribution in [0.3, 0.4) is 0 Å². The van der Waals surface area contributed by atoms with E-state index in [1.54, 1.807) is 32.3 Å². The lowest BCUT2D eigenvalue weighted by molar-refractivity contribution is -0.126. The van der Waals surface area contributed by atoms with Crippen molar-refractivity contribution in [2.24, 2.45) is 0 Å². The zero-order chi connectivity index (χ0) is 24.9. The lowest BCUT2D eigenvalue weighted by atomic mass is 9.97. The highest BCUT2D eigenvalue weighted by atomic mass is 19.1. The molecule has 4 N–H and O–H groups in total. The molecule has 2 amide bonds. The molecular formula is C24H25FN6O4. The molecule has 4 heterocycles. The highest BCUT2D eigenvalue weighted by Crippen LogP contribution is 2.39. The summed E-state index contributed by atoms with van der Waals surface area (Å²) in [5, 5.41) is 6.81. The molecule has 1 aromatic carbocycles. The Morgan fingerprint density at radius 1 is 1.31 bits per heavy atom.